The van der Waals surface area contributed by atoms with Crippen molar-refractivity contribution in [2.24, 2.45) is 0 Å². The van der Waals surface area contributed by atoms with Gasteiger partial charge < -0.3 is 5.11 Å². The van der Waals surface area contributed by atoms with Gasteiger partial charge >= 0.3 is 6.09 Å². The smallest absolute Gasteiger partial charge is 0.416 e. The third-order valence-corrected chi connectivity index (χ3v) is 3.05. The van der Waals surface area contributed by atoms with Crippen LogP contribution < -0.4 is 0 Å². The summed E-state index contributed by atoms with van der Waals surface area (Å²) >= 11 is 0. The van der Waals surface area contributed by atoms with Crippen LogP contribution in [-0.2, 0) is 6.42 Å². The molecule has 19 heavy (non-hydrogen) atoms. The summed E-state index contributed by atoms with van der Waals surface area (Å²) in [5.74, 6) is 0. The van der Waals surface area contributed by atoms with Gasteiger partial charge in [0.05, 0.1) is 10.4 Å². The van der Waals surface area contributed by atoms with E-state index in [0.717, 1.165) is 17.4 Å². The molecule has 0 unspecified atom stereocenters. The molecule has 1 aromatic carbocycles. The molecule has 0 bridgehead atoms. The molecule has 0 saturated heterocycles. The fourth-order valence-corrected chi connectivity index (χ4v) is 2.13. The molecule has 0 aliphatic carbocycles. The van der Waals surface area contributed by atoms with Gasteiger partial charge in [-0.2, -0.15) is 0 Å². The Morgan fingerprint density at radius 1 is 1.42 bits per heavy atom. The predicted octanol–water partition coefficient (Wildman–Crippen LogP) is 3.42. The lowest BCUT2D eigenvalue weighted by Crippen LogP contribution is -2.11. The van der Waals surface area contributed by atoms with E-state index in [-0.39, 0.29) is 5.69 Å². The van der Waals surface area contributed by atoms with E-state index in [2.05, 4.69) is 0 Å². The third kappa shape index (κ3) is 2.42. The molecule has 6 nitrogen and oxygen atoms in total. The topological polar surface area (TPSA) is 85.4 Å². The molecule has 0 aliphatic rings. The number of aryl methyl sites for hydroxylation is 1. The van der Waals surface area contributed by atoms with Crippen LogP contribution in [0.1, 0.15) is 25.5 Å². The summed E-state index contributed by atoms with van der Waals surface area (Å²) in [5, 5.41) is 20.7. The summed E-state index contributed by atoms with van der Waals surface area (Å²) < 4.78 is 1.14. The minimum absolute atomic E-state index is 0.102. The minimum atomic E-state index is -1.11. The molecule has 0 fully saturated rings. The van der Waals surface area contributed by atoms with Crippen molar-refractivity contribution in [2.45, 2.75) is 26.2 Å². The number of carbonyl (C=O) groups is 1. The van der Waals surface area contributed by atoms with Crippen molar-refractivity contribution < 1.29 is 14.8 Å². The van der Waals surface area contributed by atoms with Crippen molar-refractivity contribution in [3.8, 4) is 0 Å². The molecular weight excluding hydrogens is 248 g/mol. The van der Waals surface area contributed by atoms with Gasteiger partial charge in [-0.3, -0.25) is 10.1 Å². The number of non-ortho nitro benzene ring substituents is 1. The zero-order chi connectivity index (χ0) is 14.0. The van der Waals surface area contributed by atoms with Gasteiger partial charge in [0.1, 0.15) is 0 Å². The van der Waals surface area contributed by atoms with Crippen molar-refractivity contribution in [3.63, 3.8) is 0 Å². The quantitative estimate of drug-likeness (QED) is 0.675. The largest absolute Gasteiger partial charge is 0.464 e. The second kappa shape index (κ2) is 5.09. The number of nitrogens with zero attached hydrogens (tertiary/aromatic N) is 2. The lowest BCUT2D eigenvalue weighted by Gasteiger charge is -2.04. The molecule has 2 rings (SSSR count). The first-order valence-corrected chi connectivity index (χ1v) is 6.06. The van der Waals surface area contributed by atoms with Crippen LogP contribution in [0.3, 0.4) is 0 Å². The molecule has 0 amide bonds. The minimum Gasteiger partial charge on any atom is -0.464 e. The third-order valence-electron chi connectivity index (χ3n) is 3.05. The number of nitro groups is 1. The first-order chi connectivity index (χ1) is 9.04. The van der Waals surface area contributed by atoms with E-state index in [0.29, 0.717) is 23.0 Å². The maximum Gasteiger partial charge on any atom is 0.416 e. The van der Waals surface area contributed by atoms with Crippen molar-refractivity contribution in [3.05, 3.63) is 40.1 Å². The maximum atomic E-state index is 11.3. The highest BCUT2D eigenvalue weighted by atomic mass is 16.6. The van der Waals surface area contributed by atoms with Crippen molar-refractivity contribution in [2.75, 3.05) is 0 Å². The van der Waals surface area contributed by atoms with Crippen LogP contribution >= 0.6 is 0 Å². The number of nitro benzene ring substituents is 1. The number of rotatable bonds is 4. The van der Waals surface area contributed by atoms with Crippen LogP contribution in [0.5, 0.6) is 0 Å². The van der Waals surface area contributed by atoms with Gasteiger partial charge in [0.25, 0.3) is 5.69 Å². The predicted molar refractivity (Wildman–Crippen MR) is 70.6 cm³/mol. The summed E-state index contributed by atoms with van der Waals surface area (Å²) in [5.41, 5.74) is 0.938. The van der Waals surface area contributed by atoms with Gasteiger partial charge in [-0.25, -0.2) is 9.36 Å². The average Bonchev–Trinajstić information content (AvgIpc) is 2.73. The summed E-state index contributed by atoms with van der Waals surface area (Å²) in [6.45, 7) is 2.03. The molecular formula is C13H14N2O4. The van der Waals surface area contributed by atoms with Crippen LogP contribution in [0.4, 0.5) is 10.5 Å². The number of hydrogen-bond acceptors (Lipinski definition) is 3. The van der Waals surface area contributed by atoms with E-state index < -0.39 is 11.0 Å². The molecule has 0 atom stereocenters. The van der Waals surface area contributed by atoms with Crippen molar-refractivity contribution in [1.82, 2.24) is 4.57 Å². The molecule has 0 radical (unpaired) electrons. The Morgan fingerprint density at radius 2 is 2.16 bits per heavy atom. The normalized spacial score (nSPS) is 10.8. The summed E-state index contributed by atoms with van der Waals surface area (Å²) in [6.07, 6.45) is 1.37. The molecule has 6 heteroatoms. The fraction of sp³-hybridized carbons (Fsp3) is 0.308. The van der Waals surface area contributed by atoms with Crippen molar-refractivity contribution >= 4 is 22.7 Å². The summed E-state index contributed by atoms with van der Waals surface area (Å²) in [7, 11) is 0. The molecule has 1 aromatic heterocycles. The van der Waals surface area contributed by atoms with Gasteiger partial charge in [-0.05, 0) is 25.0 Å². The first kappa shape index (κ1) is 13.1. The second-order valence-electron chi connectivity index (χ2n) is 4.36. The fourth-order valence-electron chi connectivity index (χ4n) is 2.13. The van der Waals surface area contributed by atoms with Crippen LogP contribution in [0.25, 0.3) is 10.9 Å². The number of carboxylic acid groups (broad SMARTS) is 1. The zero-order valence-electron chi connectivity index (χ0n) is 10.5. The number of hydrogen-bond donors (Lipinski definition) is 1. The van der Waals surface area contributed by atoms with Gasteiger partial charge in [0.15, 0.2) is 0 Å². The van der Waals surface area contributed by atoms with Crippen LogP contribution in [0.2, 0.25) is 0 Å². The zero-order valence-corrected chi connectivity index (χ0v) is 10.5. The molecule has 0 saturated carbocycles. The van der Waals surface area contributed by atoms with Gasteiger partial charge in [-0.15, -0.1) is 0 Å². The molecule has 2 aromatic rings. The Labute approximate surface area is 109 Å². The lowest BCUT2D eigenvalue weighted by molar-refractivity contribution is -0.384. The van der Waals surface area contributed by atoms with Crippen molar-refractivity contribution in [1.29, 1.82) is 0 Å². The number of benzene rings is 1. The Balaban J connectivity index is 2.61. The lowest BCUT2D eigenvalue weighted by atomic mass is 10.2. The maximum absolute atomic E-state index is 11.3. The average molecular weight is 262 g/mol. The SMILES string of the molecule is CCCCc1cc2ccc([N+](=O)[O-])cc2n1C(=O)O. The van der Waals surface area contributed by atoms with E-state index in [1.54, 1.807) is 12.1 Å². The molecule has 0 spiro atoms. The number of unbranched alkanes of at least 4 members (excludes halogenated alkanes) is 1. The first-order valence-electron chi connectivity index (χ1n) is 6.06. The standard InChI is InChI=1S/C13H14N2O4/c1-2-3-4-10-7-9-5-6-11(15(18)19)8-12(9)14(10)13(16)17/h5-8H,2-4H2,1H3,(H,16,17). The molecule has 100 valence electrons. The van der Waals surface area contributed by atoms with Gasteiger partial charge in [-0.1, -0.05) is 13.3 Å². The monoisotopic (exact) mass is 262 g/mol. The number of fused-ring (bicyclic) bond motifs is 1. The molecule has 1 N–H and O–H groups in total. The highest BCUT2D eigenvalue weighted by Gasteiger charge is 2.16. The van der Waals surface area contributed by atoms with Crippen LogP contribution in [-0.4, -0.2) is 20.7 Å². The van der Waals surface area contributed by atoms with E-state index in [4.69, 9.17) is 0 Å². The van der Waals surface area contributed by atoms with Crippen LogP contribution in [0, 0.1) is 10.1 Å². The highest BCUT2D eigenvalue weighted by Crippen LogP contribution is 2.25. The number of aromatic nitrogens is 1. The Bertz CT molecular complexity index is 645. The van der Waals surface area contributed by atoms with Gasteiger partial charge in [0, 0.05) is 23.2 Å². The van der Waals surface area contributed by atoms with Gasteiger partial charge in [0.2, 0.25) is 0 Å². The van der Waals surface area contributed by atoms with E-state index >= 15 is 0 Å². The molecule has 0 aliphatic heterocycles. The summed E-state index contributed by atoms with van der Waals surface area (Å²) in [6, 6.07) is 6.06. The Hall–Kier alpha value is -2.37. The Kier molecular flexibility index (Phi) is 3.50. The van der Waals surface area contributed by atoms with E-state index in [1.165, 1.54) is 12.1 Å². The second-order valence-corrected chi connectivity index (χ2v) is 4.36. The van der Waals surface area contributed by atoms with E-state index in [9.17, 15) is 20.0 Å². The highest BCUT2D eigenvalue weighted by molar-refractivity contribution is 5.91. The van der Waals surface area contributed by atoms with E-state index in [1.807, 2.05) is 6.92 Å². The van der Waals surface area contributed by atoms with Crippen LogP contribution in [0.15, 0.2) is 24.3 Å². The molecule has 1 heterocycles. The summed E-state index contributed by atoms with van der Waals surface area (Å²) in [4.78, 5) is 21.6. The Morgan fingerprint density at radius 3 is 2.74 bits per heavy atom.